The fraction of sp³-hybridized carbons (Fsp3) is 0.625. The van der Waals surface area contributed by atoms with Gasteiger partial charge in [-0.3, -0.25) is 9.59 Å². The monoisotopic (exact) mass is 184 g/mol. The maximum atomic E-state index is 10.7. The maximum Gasteiger partial charge on any atom is 0.313 e. The zero-order chi connectivity index (χ0) is 9.40. The van der Waals surface area contributed by atoms with Gasteiger partial charge in [-0.15, -0.1) is 0 Å². The van der Waals surface area contributed by atoms with Gasteiger partial charge in [0.05, 0.1) is 6.61 Å². The van der Waals surface area contributed by atoms with Gasteiger partial charge in [0.2, 0.25) is 0 Å². The van der Waals surface area contributed by atoms with E-state index in [9.17, 15) is 9.59 Å². The van der Waals surface area contributed by atoms with E-state index >= 15 is 0 Å². The van der Waals surface area contributed by atoms with E-state index in [0.29, 0.717) is 15.6 Å². The molecular weight excluding hydrogens is 172 g/mol. The van der Waals surface area contributed by atoms with Crippen LogP contribution in [0.3, 0.4) is 0 Å². The number of esters is 1. The molecule has 0 rings (SSSR count). The quantitative estimate of drug-likeness (QED) is 0.272. The van der Waals surface area contributed by atoms with Crippen molar-refractivity contribution in [2.45, 2.75) is 25.8 Å². The van der Waals surface area contributed by atoms with Crippen LogP contribution in [0.15, 0.2) is 0 Å². The lowest BCUT2D eigenvalue weighted by Gasteiger charge is -2.00. The highest BCUT2D eigenvalue weighted by atomic mass is 28.2. The second-order valence-corrected chi connectivity index (χ2v) is 3.32. The van der Waals surface area contributed by atoms with Crippen LogP contribution in [0.25, 0.3) is 0 Å². The first-order valence-corrected chi connectivity index (χ1v) is 5.03. The van der Waals surface area contributed by atoms with Crippen LogP contribution in [-0.4, -0.2) is 27.3 Å². The third-order valence-electron chi connectivity index (χ3n) is 1.12. The van der Waals surface area contributed by atoms with Gasteiger partial charge >= 0.3 is 5.97 Å². The molecule has 0 aromatic carbocycles. The molecule has 4 heteroatoms. The molecule has 0 fully saturated rings. The Labute approximate surface area is 74.2 Å². The topological polar surface area (TPSA) is 43.4 Å². The van der Waals surface area contributed by atoms with Crippen LogP contribution in [0.4, 0.5) is 0 Å². The zero-order valence-electron chi connectivity index (χ0n) is 7.13. The van der Waals surface area contributed by atoms with Gasteiger partial charge < -0.3 is 4.74 Å². The standard InChI is InChI=1S/C8H12O3Si/c1-7(9)6-8(10)11-4-3-5-12-2/h2H,3-6H2,1H3. The second kappa shape index (κ2) is 6.82. The summed E-state index contributed by atoms with van der Waals surface area (Å²) in [5.41, 5.74) is 0. The van der Waals surface area contributed by atoms with Crippen molar-refractivity contribution in [1.29, 1.82) is 0 Å². The third kappa shape index (κ3) is 7.25. The number of carbonyl (C=O) groups excluding carboxylic acids is 2. The number of rotatable bonds is 5. The molecule has 0 spiro atoms. The molecule has 0 aromatic heterocycles. The zero-order valence-corrected chi connectivity index (χ0v) is 8.13. The molecule has 12 heavy (non-hydrogen) atoms. The van der Waals surface area contributed by atoms with Gasteiger partial charge in [0, 0.05) is 0 Å². The fourth-order valence-electron chi connectivity index (χ4n) is 0.615. The van der Waals surface area contributed by atoms with Crippen molar-refractivity contribution >= 4 is 20.7 Å². The lowest BCUT2D eigenvalue weighted by atomic mass is 10.3. The number of ketones is 1. The molecule has 0 bridgehead atoms. The summed E-state index contributed by atoms with van der Waals surface area (Å²) in [6.45, 7) is 1.73. The minimum atomic E-state index is -0.442. The van der Waals surface area contributed by atoms with Gasteiger partial charge in [-0.25, -0.2) is 0 Å². The molecule has 0 unspecified atom stereocenters. The third-order valence-corrected chi connectivity index (χ3v) is 1.76. The van der Waals surface area contributed by atoms with Crippen LogP contribution >= 0.6 is 0 Å². The van der Waals surface area contributed by atoms with E-state index in [1.807, 2.05) is 0 Å². The van der Waals surface area contributed by atoms with Crippen LogP contribution in [-0.2, 0) is 14.3 Å². The van der Waals surface area contributed by atoms with Crippen LogP contribution in [0.2, 0.25) is 6.04 Å². The maximum absolute atomic E-state index is 10.7. The van der Waals surface area contributed by atoms with Crippen molar-refractivity contribution in [3.63, 3.8) is 0 Å². The normalized spacial score (nSPS) is 8.67. The smallest absolute Gasteiger partial charge is 0.313 e. The Morgan fingerprint density at radius 3 is 2.67 bits per heavy atom. The number of Topliss-reactive ketones (excluding diaryl/α,β-unsaturated/α-hetero) is 1. The van der Waals surface area contributed by atoms with Crippen molar-refractivity contribution in [3.8, 4) is 6.00 Å². The molecule has 0 aliphatic rings. The molecule has 0 saturated carbocycles. The number of ether oxygens (including phenoxy) is 1. The van der Waals surface area contributed by atoms with E-state index in [1.54, 1.807) is 0 Å². The summed E-state index contributed by atoms with van der Waals surface area (Å²) >= 11 is 0. The summed E-state index contributed by atoms with van der Waals surface area (Å²) in [6, 6.07) is 6.13. The Morgan fingerprint density at radius 2 is 2.17 bits per heavy atom. The highest BCUT2D eigenvalue weighted by Gasteiger charge is 2.04. The minimum absolute atomic E-state index is 0.120. The van der Waals surface area contributed by atoms with Crippen LogP contribution < -0.4 is 0 Å². The van der Waals surface area contributed by atoms with Crippen molar-refractivity contribution in [2.24, 2.45) is 0 Å². The predicted molar refractivity (Wildman–Crippen MR) is 46.4 cm³/mol. The molecular formula is C8H12O3Si. The SMILES string of the molecule is C#[Si]CCCOC(=O)CC(C)=O. The molecule has 3 nitrogen and oxygen atoms in total. The molecule has 0 amide bonds. The highest BCUT2D eigenvalue weighted by molar-refractivity contribution is 6.21. The first-order chi connectivity index (χ1) is 5.66. The summed E-state index contributed by atoms with van der Waals surface area (Å²) in [6.07, 6.45) is 0.656. The molecule has 66 valence electrons. The van der Waals surface area contributed by atoms with E-state index in [1.165, 1.54) is 6.92 Å². The van der Waals surface area contributed by atoms with E-state index in [2.05, 4.69) is 0 Å². The van der Waals surface area contributed by atoms with Gasteiger partial charge in [0.25, 0.3) is 0 Å². The fourth-order valence-corrected chi connectivity index (χ4v) is 0.963. The largest absolute Gasteiger partial charge is 0.465 e. The summed E-state index contributed by atoms with van der Waals surface area (Å²) in [5.74, 6) is -0.608. The Bertz CT molecular complexity index is 205. The van der Waals surface area contributed by atoms with Gasteiger partial charge in [-0.05, 0) is 28.3 Å². The van der Waals surface area contributed by atoms with E-state index in [4.69, 9.17) is 10.7 Å². The van der Waals surface area contributed by atoms with E-state index in [-0.39, 0.29) is 12.2 Å². The Kier molecular flexibility index (Phi) is 6.33. The predicted octanol–water partition coefficient (Wildman–Crippen LogP) is 0.610. The van der Waals surface area contributed by atoms with E-state index in [0.717, 1.165) is 12.5 Å². The summed E-state index contributed by atoms with van der Waals surface area (Å²) < 4.78 is 4.74. The lowest BCUT2D eigenvalue weighted by molar-refractivity contribution is -0.145. The molecule has 0 heterocycles. The molecule has 0 aromatic rings. The average molecular weight is 184 g/mol. The average Bonchev–Trinajstić information content (AvgIpc) is 1.97. The van der Waals surface area contributed by atoms with Crippen LogP contribution in [0.5, 0.6) is 0 Å². The van der Waals surface area contributed by atoms with Gasteiger partial charge in [0.15, 0.2) is 0 Å². The van der Waals surface area contributed by atoms with Crippen LogP contribution in [0, 0.1) is 6.00 Å². The number of hydrogen-bond donors (Lipinski definition) is 0. The first kappa shape index (κ1) is 11.1. The summed E-state index contributed by atoms with van der Waals surface area (Å²) in [5, 5.41) is 0. The Balaban J connectivity index is 3.33. The van der Waals surface area contributed by atoms with E-state index < -0.39 is 5.97 Å². The number of hydrogen-bond acceptors (Lipinski definition) is 3. The second-order valence-electron chi connectivity index (χ2n) is 2.41. The molecule has 0 aliphatic heterocycles. The molecule has 0 atom stereocenters. The number of carbonyl (C=O) groups is 2. The van der Waals surface area contributed by atoms with Gasteiger partial charge in [-0.2, -0.15) is 6.00 Å². The molecule has 0 N–H and O–H groups in total. The summed E-state index contributed by atoms with van der Waals surface area (Å²) in [7, 11) is 0.399. The van der Waals surface area contributed by atoms with Crippen molar-refractivity contribution < 1.29 is 14.3 Å². The highest BCUT2D eigenvalue weighted by Crippen LogP contribution is 1.91. The van der Waals surface area contributed by atoms with Crippen LogP contribution in [0.1, 0.15) is 19.8 Å². The van der Waals surface area contributed by atoms with Crippen molar-refractivity contribution in [3.05, 3.63) is 0 Å². The van der Waals surface area contributed by atoms with Crippen molar-refractivity contribution in [2.75, 3.05) is 6.61 Å². The van der Waals surface area contributed by atoms with Gasteiger partial charge in [0.1, 0.15) is 12.2 Å². The minimum Gasteiger partial charge on any atom is -0.465 e. The Morgan fingerprint density at radius 1 is 1.50 bits per heavy atom. The Hall–Kier alpha value is -0.863. The molecule has 0 aliphatic carbocycles. The molecule has 0 radical (unpaired) electrons. The van der Waals surface area contributed by atoms with Crippen molar-refractivity contribution in [1.82, 2.24) is 0 Å². The van der Waals surface area contributed by atoms with Gasteiger partial charge in [-0.1, -0.05) is 0 Å². The summed E-state index contributed by atoms with van der Waals surface area (Å²) in [4.78, 5) is 21.2. The lowest BCUT2D eigenvalue weighted by Crippen LogP contribution is -2.09. The first-order valence-electron chi connectivity index (χ1n) is 3.75. The molecule has 0 saturated heterocycles.